The molecule has 0 aromatic rings. The Hall–Kier alpha value is 2.56. The topological polar surface area (TPSA) is 86.2 Å². The van der Waals surface area contributed by atoms with Gasteiger partial charge in [-0.3, -0.25) is 0 Å². The summed E-state index contributed by atoms with van der Waals surface area (Å²) < 4.78 is 8.55. The second-order valence-corrected chi connectivity index (χ2v) is 1.34. The number of hydrogen-bond acceptors (Lipinski definition) is 4. The second-order valence-electron chi connectivity index (χ2n) is 0.447. The Morgan fingerprint density at radius 2 is 1.00 bits per heavy atom. The van der Waals surface area contributed by atoms with Crippen LogP contribution in [0.2, 0.25) is 0 Å². The van der Waals surface area contributed by atoms with Gasteiger partial charge in [0.15, 0.2) is 0 Å². The van der Waals surface area contributed by atoms with Crippen molar-refractivity contribution in [3.05, 3.63) is 0 Å². The van der Waals surface area contributed by atoms with Gasteiger partial charge in [0, 0.05) is 0 Å². The van der Waals surface area contributed by atoms with Gasteiger partial charge in [-0.15, -0.1) is 0 Å². The molecule has 0 rings (SSSR count). The van der Waals surface area contributed by atoms with Crippen molar-refractivity contribution in [3.8, 4) is 0 Å². The molecule has 4 nitrogen and oxygen atoms in total. The molecule has 0 amide bonds. The Balaban J connectivity index is -0.0000000267. The van der Waals surface area contributed by atoms with Crippen LogP contribution in [-0.4, -0.2) is 75.5 Å². The molecule has 0 saturated heterocycles. The van der Waals surface area contributed by atoms with Gasteiger partial charge in [0.1, 0.15) is 0 Å². The summed E-state index contributed by atoms with van der Waals surface area (Å²) in [6.07, 6.45) is 0. The van der Waals surface area contributed by atoms with Crippen LogP contribution < -0.4 is 19.4 Å². The van der Waals surface area contributed by atoms with E-state index >= 15 is 0 Å². The van der Waals surface area contributed by atoms with Crippen LogP contribution in [0.3, 0.4) is 0 Å². The third-order valence-electron chi connectivity index (χ3n) is 0. The maximum atomic E-state index is 8.55. The molecule has 0 fully saturated rings. The first-order valence-electron chi connectivity index (χ1n) is 0.730. The number of phosphoric acid groups is 1. The quantitative estimate of drug-likeness (QED) is 0.283. The van der Waals surface area contributed by atoms with Gasteiger partial charge in [0.25, 0.3) is 0 Å². The molecule has 8 heavy (non-hydrogen) atoms. The molecule has 0 aromatic carbocycles. The molecule has 0 radical (unpaired) electrons. The zero-order chi connectivity index (χ0) is 4.50. The maximum absolute atomic E-state index is 8.55. The van der Waals surface area contributed by atoms with E-state index in [-0.39, 0.29) is 80.2 Å². The molecule has 0 heterocycles. The third kappa shape index (κ3) is 74.7. The second kappa shape index (κ2) is 9.56. The van der Waals surface area contributed by atoms with Crippen molar-refractivity contribution in [2.24, 2.45) is 0 Å². The van der Waals surface area contributed by atoms with Gasteiger partial charge in [0.05, 0.1) is 0 Å². The predicted octanol–water partition coefficient (Wildman–Crippen LogP) is -6.58. The van der Waals surface area contributed by atoms with Crippen LogP contribution in [0.4, 0.5) is 0 Å². The standard InChI is InChI=1S/2Ca.FH.H3O4P/c;;;1-5(2,3)4/h;;1H;(H3,1,2,3,4)/q2*+2;;/p-4. The third-order valence-corrected chi connectivity index (χ3v) is 0. The summed E-state index contributed by atoms with van der Waals surface area (Å²) in [5.74, 6) is 0. The van der Waals surface area contributed by atoms with Crippen LogP contribution in [0.5, 0.6) is 0 Å². The van der Waals surface area contributed by atoms with E-state index in [0.29, 0.717) is 0 Å². The summed E-state index contributed by atoms with van der Waals surface area (Å²) in [6.45, 7) is 0. The predicted molar refractivity (Wildman–Crippen MR) is 19.1 cm³/mol. The van der Waals surface area contributed by atoms with E-state index in [1.165, 1.54) is 0 Å². The van der Waals surface area contributed by atoms with E-state index in [2.05, 4.69) is 0 Å². The number of halogens is 1. The van der Waals surface area contributed by atoms with Gasteiger partial charge in [0.2, 0.25) is 0 Å². The van der Waals surface area contributed by atoms with Crippen LogP contribution in [0.25, 0.3) is 0 Å². The van der Waals surface area contributed by atoms with E-state index in [1.807, 2.05) is 0 Å². The average Bonchev–Trinajstić information content (AvgIpc) is 0.722. The summed E-state index contributed by atoms with van der Waals surface area (Å²) in [4.78, 5) is 25.6. The fourth-order valence-electron chi connectivity index (χ4n) is 0. The Morgan fingerprint density at radius 1 is 1.00 bits per heavy atom. The molecule has 0 aliphatic rings. The number of hydrogen-bond donors (Lipinski definition) is 0. The molecule has 0 spiro atoms. The molecule has 0 aliphatic heterocycles. The van der Waals surface area contributed by atoms with Crippen LogP contribution in [-0.2, 0) is 4.57 Å². The van der Waals surface area contributed by atoms with Crippen molar-refractivity contribution in [2.45, 2.75) is 0 Å². The molecule has 40 valence electrons. The molecule has 8 heteroatoms. The van der Waals surface area contributed by atoms with Crippen LogP contribution >= 0.6 is 7.82 Å². The first-order valence-corrected chi connectivity index (χ1v) is 2.19. The molecule has 0 bridgehead atoms. The van der Waals surface area contributed by atoms with Crippen molar-refractivity contribution >= 4 is 83.3 Å². The van der Waals surface area contributed by atoms with Gasteiger partial charge in [-0.2, -0.15) is 7.82 Å². The van der Waals surface area contributed by atoms with E-state index in [1.54, 1.807) is 0 Å². The SMILES string of the molecule is O=P([O-])([O-])[O-].[Ca+2].[Ca+2].[F-]. The van der Waals surface area contributed by atoms with E-state index < -0.39 is 7.82 Å². The zero-order valence-electron chi connectivity index (χ0n) is 3.87. The summed E-state index contributed by atoms with van der Waals surface area (Å²) in [7, 11) is -5.39. The van der Waals surface area contributed by atoms with Crippen LogP contribution in [0.1, 0.15) is 0 Å². The van der Waals surface area contributed by atoms with Gasteiger partial charge in [-0.1, -0.05) is 0 Å². The molecule has 0 aliphatic carbocycles. The normalized spacial score (nSPS) is 7.38. The Labute approximate surface area is 105 Å². The van der Waals surface area contributed by atoms with Crippen molar-refractivity contribution in [1.29, 1.82) is 0 Å². The molecular weight excluding hydrogens is 194 g/mol. The molecule has 0 aromatic heterocycles. The zero-order valence-corrected chi connectivity index (χ0v) is 9.18. The summed E-state index contributed by atoms with van der Waals surface area (Å²) in [6, 6.07) is 0. The van der Waals surface area contributed by atoms with Crippen LogP contribution in [0, 0.1) is 0 Å². The van der Waals surface area contributed by atoms with E-state index in [4.69, 9.17) is 19.2 Å². The number of rotatable bonds is 0. The molecule has 0 atom stereocenters. The van der Waals surface area contributed by atoms with Gasteiger partial charge in [-0.05, 0) is 0 Å². The largest absolute Gasteiger partial charge is 2.00 e. The summed E-state index contributed by atoms with van der Waals surface area (Å²) in [5.41, 5.74) is 0. The van der Waals surface area contributed by atoms with Gasteiger partial charge >= 0.3 is 75.5 Å². The van der Waals surface area contributed by atoms with Crippen molar-refractivity contribution in [1.82, 2.24) is 0 Å². The fourth-order valence-corrected chi connectivity index (χ4v) is 0. The molecular formula is Ca2FO4P. The first kappa shape index (κ1) is 22.4. The van der Waals surface area contributed by atoms with Crippen molar-refractivity contribution in [3.63, 3.8) is 0 Å². The van der Waals surface area contributed by atoms with E-state index in [0.717, 1.165) is 0 Å². The smallest absolute Gasteiger partial charge is 1.00 e. The fraction of sp³-hybridized carbons (Fsp3) is 0. The Bertz CT molecular complexity index is 60.2. The minimum Gasteiger partial charge on any atom is -1.00 e. The van der Waals surface area contributed by atoms with Crippen molar-refractivity contribution < 1.29 is 23.9 Å². The minimum absolute atomic E-state index is 0. The van der Waals surface area contributed by atoms with Crippen LogP contribution in [0.15, 0.2) is 0 Å². The molecule has 0 N–H and O–H groups in total. The average molecular weight is 194 g/mol. The summed E-state index contributed by atoms with van der Waals surface area (Å²) >= 11 is 0. The monoisotopic (exact) mass is 194 g/mol. The first-order chi connectivity index (χ1) is 2.00. The Morgan fingerprint density at radius 3 is 1.00 bits per heavy atom. The molecule has 0 saturated carbocycles. The Kier molecular flexibility index (Phi) is 26.8. The van der Waals surface area contributed by atoms with E-state index in [9.17, 15) is 0 Å². The molecule has 0 unspecified atom stereocenters. The van der Waals surface area contributed by atoms with Gasteiger partial charge in [-0.25, -0.2) is 0 Å². The minimum atomic E-state index is -5.39. The summed E-state index contributed by atoms with van der Waals surface area (Å²) in [5, 5.41) is 0. The van der Waals surface area contributed by atoms with Crippen molar-refractivity contribution in [2.75, 3.05) is 0 Å². The maximum Gasteiger partial charge on any atom is 2.00 e. The van der Waals surface area contributed by atoms with Gasteiger partial charge < -0.3 is 23.9 Å².